The highest BCUT2D eigenvalue weighted by molar-refractivity contribution is 6.10. The number of nitrogens with zero attached hydrogens (tertiary/aromatic N) is 1. The van der Waals surface area contributed by atoms with Gasteiger partial charge in [0.1, 0.15) is 5.75 Å². The largest absolute Gasteiger partial charge is 0.496 e. The molecule has 0 saturated carbocycles. The van der Waals surface area contributed by atoms with E-state index in [0.29, 0.717) is 34.4 Å². The lowest BCUT2D eigenvalue weighted by atomic mass is 9.89. The van der Waals surface area contributed by atoms with E-state index in [9.17, 15) is 9.59 Å². The molecule has 1 N–H and O–H groups in total. The number of methoxy groups -OCH3 is 1. The third-order valence-corrected chi connectivity index (χ3v) is 5.31. The Morgan fingerprint density at radius 1 is 0.935 bits per heavy atom. The van der Waals surface area contributed by atoms with Gasteiger partial charge in [0.05, 0.1) is 7.11 Å². The molecule has 0 atom stereocenters. The van der Waals surface area contributed by atoms with Crippen LogP contribution in [-0.4, -0.2) is 30.5 Å². The number of amides is 2. The molecule has 0 spiro atoms. The molecule has 0 aliphatic rings. The van der Waals surface area contributed by atoms with Crippen molar-refractivity contribution in [2.45, 2.75) is 60.3 Å². The van der Waals surface area contributed by atoms with Gasteiger partial charge in [-0.05, 0) is 56.4 Å². The first kappa shape index (κ1) is 24.6. The molecule has 168 valence electrons. The van der Waals surface area contributed by atoms with Crippen LogP contribution in [0.15, 0.2) is 42.5 Å². The van der Waals surface area contributed by atoms with Crippen LogP contribution in [0.1, 0.15) is 78.3 Å². The van der Waals surface area contributed by atoms with Crippen molar-refractivity contribution in [3.63, 3.8) is 0 Å². The highest BCUT2D eigenvalue weighted by Gasteiger charge is 2.26. The predicted molar refractivity (Wildman–Crippen MR) is 125 cm³/mol. The number of carbonyl (C=O) groups is 2. The second-order valence-corrected chi connectivity index (χ2v) is 9.22. The predicted octanol–water partition coefficient (Wildman–Crippen LogP) is 5.71. The maximum absolute atomic E-state index is 13.4. The fraction of sp³-hybridized carbons (Fsp3) is 0.462. The molecular formula is C26H36N2O3. The van der Waals surface area contributed by atoms with Crippen LogP contribution >= 0.6 is 0 Å². The molecule has 2 rings (SSSR count). The Labute approximate surface area is 186 Å². The van der Waals surface area contributed by atoms with Crippen molar-refractivity contribution in [1.82, 2.24) is 10.4 Å². The summed E-state index contributed by atoms with van der Waals surface area (Å²) in [6.07, 6.45) is 4.21. The summed E-state index contributed by atoms with van der Waals surface area (Å²) in [5.74, 6) is -0.116. The minimum absolute atomic E-state index is 0.320. The molecule has 0 fully saturated rings. The van der Waals surface area contributed by atoms with Gasteiger partial charge in [0.25, 0.3) is 11.8 Å². The minimum Gasteiger partial charge on any atom is -0.496 e. The molecule has 0 aromatic heterocycles. The zero-order valence-corrected chi connectivity index (χ0v) is 19.7. The standard InChI is InChI=1S/C26H36N2O3/c1-19-13-15-21(16-14-19)24(29)28(27-18-9-7-8-17-26(3,4)5)25(30)22-11-10-12-23(31-6)20(22)2/h10-16,27H,7-9,17-18H2,1-6H3. The Balaban J connectivity index is 2.17. The van der Waals surface area contributed by atoms with Crippen LogP contribution in [0, 0.1) is 19.3 Å². The minimum atomic E-state index is -0.378. The first-order chi connectivity index (χ1) is 14.6. The van der Waals surface area contributed by atoms with Gasteiger partial charge < -0.3 is 4.74 Å². The quantitative estimate of drug-likeness (QED) is 0.318. The van der Waals surface area contributed by atoms with Gasteiger partial charge in [-0.2, -0.15) is 0 Å². The molecule has 2 aromatic rings. The Hall–Kier alpha value is -2.66. The van der Waals surface area contributed by atoms with Gasteiger partial charge in [-0.25, -0.2) is 10.4 Å². The molecule has 0 aliphatic carbocycles. The lowest BCUT2D eigenvalue weighted by molar-refractivity contribution is 0.0525. The Bertz CT molecular complexity index is 883. The number of rotatable bonds is 9. The van der Waals surface area contributed by atoms with Crippen molar-refractivity contribution in [2.24, 2.45) is 5.41 Å². The molecule has 0 unspecified atom stereocenters. The van der Waals surface area contributed by atoms with Crippen molar-refractivity contribution >= 4 is 11.8 Å². The number of hydrogen-bond acceptors (Lipinski definition) is 4. The summed E-state index contributed by atoms with van der Waals surface area (Å²) in [6.45, 7) is 11.1. The maximum atomic E-state index is 13.4. The topological polar surface area (TPSA) is 58.6 Å². The maximum Gasteiger partial charge on any atom is 0.275 e. The van der Waals surface area contributed by atoms with Crippen molar-refractivity contribution in [1.29, 1.82) is 0 Å². The summed E-state index contributed by atoms with van der Waals surface area (Å²) in [5, 5.41) is 1.15. The van der Waals surface area contributed by atoms with Crippen molar-refractivity contribution < 1.29 is 14.3 Å². The summed E-state index contributed by atoms with van der Waals surface area (Å²) in [4.78, 5) is 26.6. The van der Waals surface area contributed by atoms with Crippen LogP contribution in [0.5, 0.6) is 5.75 Å². The molecule has 0 aliphatic heterocycles. The van der Waals surface area contributed by atoms with E-state index in [4.69, 9.17) is 4.74 Å². The van der Waals surface area contributed by atoms with E-state index in [1.54, 1.807) is 37.4 Å². The Morgan fingerprint density at radius 3 is 2.23 bits per heavy atom. The van der Waals surface area contributed by atoms with Gasteiger partial charge >= 0.3 is 0 Å². The Morgan fingerprint density at radius 2 is 1.61 bits per heavy atom. The third-order valence-electron chi connectivity index (χ3n) is 5.31. The van der Waals surface area contributed by atoms with Crippen LogP contribution in [-0.2, 0) is 0 Å². The van der Waals surface area contributed by atoms with Gasteiger partial charge in [0.15, 0.2) is 0 Å². The van der Waals surface area contributed by atoms with Gasteiger partial charge in [0.2, 0.25) is 0 Å². The van der Waals surface area contributed by atoms with Crippen LogP contribution < -0.4 is 10.2 Å². The van der Waals surface area contributed by atoms with Crippen LogP contribution in [0.2, 0.25) is 0 Å². The molecule has 5 nitrogen and oxygen atoms in total. The highest BCUT2D eigenvalue weighted by atomic mass is 16.5. The molecule has 0 saturated heterocycles. The molecule has 5 heteroatoms. The zero-order chi connectivity index (χ0) is 23.0. The average molecular weight is 425 g/mol. The number of aryl methyl sites for hydroxylation is 1. The van der Waals surface area contributed by atoms with Crippen molar-refractivity contribution in [3.8, 4) is 5.75 Å². The smallest absolute Gasteiger partial charge is 0.275 e. The number of hydrogen-bond donors (Lipinski definition) is 1. The van der Waals surface area contributed by atoms with Gasteiger partial charge in [-0.3, -0.25) is 9.59 Å². The molecule has 31 heavy (non-hydrogen) atoms. The Kier molecular flexibility index (Phi) is 8.81. The number of nitrogens with one attached hydrogen (secondary N) is 1. The van der Waals surface area contributed by atoms with Crippen LogP contribution in [0.25, 0.3) is 0 Å². The normalized spacial score (nSPS) is 11.3. The van der Waals surface area contributed by atoms with E-state index in [1.807, 2.05) is 26.0 Å². The highest BCUT2D eigenvalue weighted by Crippen LogP contribution is 2.23. The fourth-order valence-electron chi connectivity index (χ4n) is 3.40. The van der Waals surface area contributed by atoms with Gasteiger partial charge in [-0.15, -0.1) is 0 Å². The third kappa shape index (κ3) is 7.21. The molecule has 2 aromatic carbocycles. The number of imide groups is 1. The van der Waals surface area contributed by atoms with Crippen LogP contribution in [0.3, 0.4) is 0 Å². The van der Waals surface area contributed by atoms with Crippen molar-refractivity contribution in [3.05, 3.63) is 64.7 Å². The zero-order valence-electron chi connectivity index (χ0n) is 19.7. The number of ether oxygens (including phenoxy) is 1. The lowest BCUT2D eigenvalue weighted by Crippen LogP contribution is -2.47. The summed E-state index contributed by atoms with van der Waals surface area (Å²) in [6, 6.07) is 12.5. The molecule has 0 radical (unpaired) electrons. The lowest BCUT2D eigenvalue weighted by Gasteiger charge is -2.23. The molecule has 0 bridgehead atoms. The number of benzene rings is 2. The first-order valence-electron chi connectivity index (χ1n) is 11.0. The van der Waals surface area contributed by atoms with E-state index in [2.05, 4.69) is 26.2 Å². The van der Waals surface area contributed by atoms with Gasteiger partial charge in [0, 0.05) is 23.2 Å². The summed E-state index contributed by atoms with van der Waals surface area (Å²) in [5.41, 5.74) is 6.10. The van der Waals surface area contributed by atoms with E-state index >= 15 is 0 Å². The molecular weight excluding hydrogens is 388 g/mol. The second-order valence-electron chi connectivity index (χ2n) is 9.22. The first-order valence-corrected chi connectivity index (χ1v) is 11.0. The van der Waals surface area contributed by atoms with E-state index < -0.39 is 0 Å². The summed E-state index contributed by atoms with van der Waals surface area (Å²) >= 11 is 0. The molecule has 2 amide bonds. The van der Waals surface area contributed by atoms with E-state index in [0.717, 1.165) is 36.3 Å². The number of carbonyl (C=O) groups excluding carboxylic acids is 2. The number of unbranched alkanes of at least 4 members (excludes halogenated alkanes) is 2. The van der Waals surface area contributed by atoms with Gasteiger partial charge in [-0.1, -0.05) is 57.4 Å². The second kappa shape index (κ2) is 11.1. The summed E-state index contributed by atoms with van der Waals surface area (Å²) < 4.78 is 5.35. The number of hydrazine groups is 1. The van der Waals surface area contributed by atoms with E-state index in [-0.39, 0.29) is 11.8 Å². The van der Waals surface area contributed by atoms with Crippen molar-refractivity contribution in [2.75, 3.05) is 13.7 Å². The fourth-order valence-corrected chi connectivity index (χ4v) is 3.40. The monoisotopic (exact) mass is 424 g/mol. The van der Waals surface area contributed by atoms with E-state index in [1.165, 1.54) is 0 Å². The SMILES string of the molecule is COc1cccc(C(=O)N(NCCCCCC(C)(C)C)C(=O)c2ccc(C)cc2)c1C. The summed E-state index contributed by atoms with van der Waals surface area (Å²) in [7, 11) is 1.57. The average Bonchev–Trinajstić information content (AvgIpc) is 2.72. The van der Waals surface area contributed by atoms with Crippen LogP contribution in [0.4, 0.5) is 0 Å². The molecule has 0 heterocycles.